The second-order valence-corrected chi connectivity index (χ2v) is 7.43. The summed E-state index contributed by atoms with van der Waals surface area (Å²) in [5, 5.41) is 6.73. The van der Waals surface area contributed by atoms with Gasteiger partial charge in [-0.3, -0.25) is 9.59 Å². The van der Waals surface area contributed by atoms with Crippen LogP contribution >= 0.6 is 0 Å². The van der Waals surface area contributed by atoms with Crippen LogP contribution in [0.5, 0.6) is 0 Å². The molecule has 2 amide bonds. The minimum absolute atomic E-state index is 0.312. The van der Waals surface area contributed by atoms with Crippen LogP contribution in [0.3, 0.4) is 0 Å². The Morgan fingerprint density at radius 3 is 2.29 bits per heavy atom. The van der Waals surface area contributed by atoms with E-state index in [2.05, 4.69) is 36.6 Å². The first kappa shape index (κ1) is 18.2. The number of benzene rings is 1. The van der Waals surface area contributed by atoms with Crippen LogP contribution in [0, 0.1) is 11.3 Å². The number of hydrogen-bond donors (Lipinski definition) is 2. The Kier molecular flexibility index (Phi) is 6.12. The molecule has 0 aliphatic heterocycles. The molecule has 0 saturated heterocycles. The van der Waals surface area contributed by atoms with Gasteiger partial charge in [-0.1, -0.05) is 51.1 Å². The van der Waals surface area contributed by atoms with Gasteiger partial charge in [-0.05, 0) is 42.6 Å². The molecule has 0 spiro atoms. The van der Waals surface area contributed by atoms with Crippen molar-refractivity contribution in [3.8, 4) is 0 Å². The van der Waals surface area contributed by atoms with E-state index in [1.807, 2.05) is 30.3 Å². The van der Waals surface area contributed by atoms with E-state index < -0.39 is 11.8 Å². The molecule has 24 heavy (non-hydrogen) atoms. The SMILES string of the molecule is CC(C)(C)C1CCC(=NNC(=O)C(=O)NCc2ccccc2)CC1. The number of carbonyl (C=O) groups excluding carboxylic acids is 2. The minimum atomic E-state index is -0.712. The van der Waals surface area contributed by atoms with Gasteiger partial charge in [-0.2, -0.15) is 5.10 Å². The Labute approximate surface area is 143 Å². The zero-order chi connectivity index (χ0) is 17.6. The van der Waals surface area contributed by atoms with Crippen molar-refractivity contribution in [3.63, 3.8) is 0 Å². The maximum atomic E-state index is 11.8. The van der Waals surface area contributed by atoms with Crippen LogP contribution in [0.2, 0.25) is 0 Å². The zero-order valence-electron chi connectivity index (χ0n) is 14.8. The fourth-order valence-corrected chi connectivity index (χ4v) is 2.97. The Morgan fingerprint density at radius 2 is 1.71 bits per heavy atom. The number of hydrazone groups is 1. The van der Waals surface area contributed by atoms with Crippen molar-refractivity contribution in [1.82, 2.24) is 10.7 Å². The molecule has 1 fully saturated rings. The van der Waals surface area contributed by atoms with Gasteiger partial charge in [0.2, 0.25) is 0 Å². The molecular formula is C19H27N3O2. The van der Waals surface area contributed by atoms with Gasteiger partial charge in [-0.25, -0.2) is 5.43 Å². The average molecular weight is 329 g/mol. The topological polar surface area (TPSA) is 70.6 Å². The van der Waals surface area contributed by atoms with Crippen molar-refractivity contribution in [2.24, 2.45) is 16.4 Å². The molecule has 0 unspecified atom stereocenters. The van der Waals surface area contributed by atoms with Gasteiger partial charge in [0, 0.05) is 12.3 Å². The number of rotatable bonds is 3. The molecule has 0 heterocycles. The second kappa shape index (κ2) is 8.08. The number of nitrogens with one attached hydrogen (secondary N) is 2. The standard InChI is InChI=1S/C19H27N3O2/c1-19(2,3)15-9-11-16(12-10-15)21-22-18(24)17(23)20-13-14-7-5-4-6-8-14/h4-8,15H,9-13H2,1-3H3,(H,20,23)(H,22,24). The van der Waals surface area contributed by atoms with Crippen LogP contribution < -0.4 is 10.7 Å². The van der Waals surface area contributed by atoms with Gasteiger partial charge in [-0.15, -0.1) is 0 Å². The first-order valence-corrected chi connectivity index (χ1v) is 8.54. The van der Waals surface area contributed by atoms with Crippen molar-refractivity contribution in [2.45, 2.75) is 53.0 Å². The fraction of sp³-hybridized carbons (Fsp3) is 0.526. The van der Waals surface area contributed by atoms with Gasteiger partial charge in [0.05, 0.1) is 0 Å². The second-order valence-electron chi connectivity index (χ2n) is 7.43. The molecule has 0 bridgehead atoms. The third-order valence-corrected chi connectivity index (χ3v) is 4.61. The highest BCUT2D eigenvalue weighted by Gasteiger charge is 2.28. The van der Waals surface area contributed by atoms with E-state index in [0.717, 1.165) is 37.0 Å². The van der Waals surface area contributed by atoms with Crippen molar-refractivity contribution in [2.75, 3.05) is 0 Å². The molecule has 1 aromatic rings. The summed E-state index contributed by atoms with van der Waals surface area (Å²) in [6.45, 7) is 7.12. The summed E-state index contributed by atoms with van der Waals surface area (Å²) in [4.78, 5) is 23.6. The van der Waals surface area contributed by atoms with Gasteiger partial charge >= 0.3 is 11.8 Å². The van der Waals surface area contributed by atoms with Crippen LogP contribution in [-0.4, -0.2) is 17.5 Å². The van der Waals surface area contributed by atoms with Crippen molar-refractivity contribution < 1.29 is 9.59 Å². The van der Waals surface area contributed by atoms with Crippen LogP contribution in [0.15, 0.2) is 35.4 Å². The molecular weight excluding hydrogens is 302 g/mol. The van der Waals surface area contributed by atoms with E-state index in [1.165, 1.54) is 0 Å². The van der Waals surface area contributed by atoms with Gasteiger partial charge in [0.25, 0.3) is 0 Å². The molecule has 2 N–H and O–H groups in total. The normalized spacial score (nSPS) is 18.0. The van der Waals surface area contributed by atoms with Crippen LogP contribution in [-0.2, 0) is 16.1 Å². The van der Waals surface area contributed by atoms with Gasteiger partial charge < -0.3 is 5.32 Å². The summed E-state index contributed by atoms with van der Waals surface area (Å²) in [5.41, 5.74) is 4.61. The lowest BCUT2D eigenvalue weighted by molar-refractivity contribution is -0.139. The molecule has 5 nitrogen and oxygen atoms in total. The fourth-order valence-electron chi connectivity index (χ4n) is 2.97. The predicted octanol–water partition coefficient (Wildman–Crippen LogP) is 3.01. The predicted molar refractivity (Wildman–Crippen MR) is 95.3 cm³/mol. The van der Waals surface area contributed by atoms with E-state index in [-0.39, 0.29) is 0 Å². The maximum absolute atomic E-state index is 11.8. The molecule has 130 valence electrons. The lowest BCUT2D eigenvalue weighted by atomic mass is 9.72. The number of carbonyl (C=O) groups is 2. The van der Waals surface area contributed by atoms with Crippen LogP contribution in [0.25, 0.3) is 0 Å². The largest absolute Gasteiger partial charge is 0.344 e. The highest BCUT2D eigenvalue weighted by molar-refractivity contribution is 6.35. The average Bonchev–Trinajstić information content (AvgIpc) is 2.58. The molecule has 0 atom stereocenters. The molecule has 2 rings (SSSR count). The molecule has 1 aromatic carbocycles. The lowest BCUT2D eigenvalue weighted by Gasteiger charge is -2.34. The van der Waals surface area contributed by atoms with Crippen LogP contribution in [0.4, 0.5) is 0 Å². The molecule has 1 aliphatic carbocycles. The third-order valence-electron chi connectivity index (χ3n) is 4.61. The molecule has 0 aromatic heterocycles. The Balaban J connectivity index is 1.75. The van der Waals surface area contributed by atoms with E-state index >= 15 is 0 Å². The Hall–Kier alpha value is -2.17. The van der Waals surface area contributed by atoms with Gasteiger partial charge in [0.1, 0.15) is 0 Å². The van der Waals surface area contributed by atoms with E-state index in [1.54, 1.807) is 0 Å². The number of amides is 2. The minimum Gasteiger partial charge on any atom is -0.344 e. The molecule has 1 aliphatic rings. The van der Waals surface area contributed by atoms with Gasteiger partial charge in [0.15, 0.2) is 0 Å². The summed E-state index contributed by atoms with van der Waals surface area (Å²) in [5.74, 6) is -0.690. The van der Waals surface area contributed by atoms with E-state index in [9.17, 15) is 9.59 Å². The molecule has 1 saturated carbocycles. The Bertz CT molecular complexity index is 593. The molecule has 5 heteroatoms. The zero-order valence-corrected chi connectivity index (χ0v) is 14.8. The number of nitrogens with zero attached hydrogens (tertiary/aromatic N) is 1. The van der Waals surface area contributed by atoms with Crippen molar-refractivity contribution in [1.29, 1.82) is 0 Å². The summed E-state index contributed by atoms with van der Waals surface area (Å²) in [7, 11) is 0. The summed E-state index contributed by atoms with van der Waals surface area (Å²) in [6.07, 6.45) is 3.93. The van der Waals surface area contributed by atoms with Crippen molar-refractivity contribution >= 4 is 17.5 Å². The summed E-state index contributed by atoms with van der Waals surface area (Å²) in [6, 6.07) is 9.48. The van der Waals surface area contributed by atoms with E-state index in [4.69, 9.17) is 0 Å². The quantitative estimate of drug-likeness (QED) is 0.661. The first-order chi connectivity index (χ1) is 11.4. The number of hydrogen-bond acceptors (Lipinski definition) is 3. The highest BCUT2D eigenvalue weighted by atomic mass is 16.2. The highest BCUT2D eigenvalue weighted by Crippen LogP contribution is 2.36. The summed E-state index contributed by atoms with van der Waals surface area (Å²) < 4.78 is 0. The van der Waals surface area contributed by atoms with E-state index in [0.29, 0.717) is 17.9 Å². The third kappa shape index (κ3) is 5.48. The lowest BCUT2D eigenvalue weighted by Crippen LogP contribution is -2.38. The van der Waals surface area contributed by atoms with Crippen LogP contribution in [0.1, 0.15) is 52.0 Å². The van der Waals surface area contributed by atoms with Crippen molar-refractivity contribution in [3.05, 3.63) is 35.9 Å². The maximum Gasteiger partial charge on any atom is 0.329 e. The molecule has 0 radical (unpaired) electrons. The smallest absolute Gasteiger partial charge is 0.329 e. The Morgan fingerprint density at radius 1 is 1.08 bits per heavy atom. The first-order valence-electron chi connectivity index (χ1n) is 8.54. The summed E-state index contributed by atoms with van der Waals surface area (Å²) >= 11 is 0. The monoisotopic (exact) mass is 329 g/mol.